The molecule has 1 aliphatic heterocycles. The van der Waals surface area contributed by atoms with Crippen LogP contribution in [-0.2, 0) is 9.31 Å². The first-order valence-corrected chi connectivity index (χ1v) is 12.4. The zero-order valence-electron chi connectivity index (χ0n) is 21.5. The molecule has 1 saturated heterocycles. The maximum atomic E-state index is 7.22. The molecule has 3 aromatic rings. The zero-order chi connectivity index (χ0) is 25.7. The van der Waals surface area contributed by atoms with Gasteiger partial charge in [-0.3, -0.25) is 0 Å². The Morgan fingerprint density at radius 2 is 1.22 bits per heavy atom. The molecule has 0 N–H and O–H groups in total. The summed E-state index contributed by atoms with van der Waals surface area (Å²) in [7, 11) is 2.77. The Morgan fingerprint density at radius 3 is 1.75 bits per heavy atom. The van der Waals surface area contributed by atoms with Crippen LogP contribution in [0.2, 0.25) is 0 Å². The highest BCUT2D eigenvalue weighted by Crippen LogP contribution is 2.54. The van der Waals surface area contributed by atoms with Gasteiger partial charge in [-0.05, 0) is 97.4 Å². The van der Waals surface area contributed by atoms with Crippen LogP contribution in [-0.4, -0.2) is 32.5 Å². The lowest BCUT2D eigenvalue weighted by Gasteiger charge is -2.32. The van der Waals surface area contributed by atoms with Gasteiger partial charge in [0, 0.05) is 5.57 Å². The van der Waals surface area contributed by atoms with Gasteiger partial charge in [-0.1, -0.05) is 48.0 Å². The van der Waals surface area contributed by atoms with E-state index in [1.54, 1.807) is 14.2 Å². The normalized spacial score (nSPS) is 19.4. The summed E-state index contributed by atoms with van der Waals surface area (Å²) >= 11 is 7.22. The summed E-state index contributed by atoms with van der Waals surface area (Å²) in [6, 6.07) is 24.2. The molecule has 36 heavy (non-hydrogen) atoms. The van der Waals surface area contributed by atoms with Crippen molar-refractivity contribution in [1.82, 2.24) is 0 Å². The van der Waals surface area contributed by atoms with Gasteiger partial charge < -0.3 is 18.8 Å². The molecule has 5 rings (SSSR count). The average molecular weight is 501 g/mol. The molecule has 1 aliphatic carbocycles. The van der Waals surface area contributed by atoms with E-state index in [1.165, 1.54) is 0 Å². The fourth-order valence-corrected chi connectivity index (χ4v) is 5.04. The molecule has 0 radical (unpaired) electrons. The molecule has 6 heteroatoms. The summed E-state index contributed by atoms with van der Waals surface area (Å²) < 4.78 is 23.9. The summed E-state index contributed by atoms with van der Waals surface area (Å²) in [5.41, 5.74) is 6.01. The number of benzene rings is 3. The van der Waals surface area contributed by atoms with Crippen LogP contribution in [0.25, 0.3) is 21.7 Å². The number of ether oxygens (including phenoxy) is 2. The van der Waals surface area contributed by atoms with E-state index >= 15 is 0 Å². The van der Waals surface area contributed by atoms with E-state index < -0.39 is 18.3 Å². The molecule has 4 nitrogen and oxygen atoms in total. The molecule has 0 amide bonds. The Kier molecular flexibility index (Phi) is 6.28. The maximum absolute atomic E-state index is 7.22. The van der Waals surface area contributed by atoms with Crippen molar-refractivity contribution in [3.05, 3.63) is 95.1 Å². The molecule has 184 valence electrons. The van der Waals surface area contributed by atoms with Gasteiger partial charge in [0.25, 0.3) is 0 Å². The van der Waals surface area contributed by atoms with Gasteiger partial charge in [-0.2, -0.15) is 0 Å². The lowest BCUT2D eigenvalue weighted by atomic mass is 9.72. The van der Waals surface area contributed by atoms with E-state index in [9.17, 15) is 0 Å². The van der Waals surface area contributed by atoms with Crippen LogP contribution in [0, 0.1) is 0 Å². The smallest absolute Gasteiger partial charge is 0.496 e. The number of hydrogen-bond donors (Lipinski definition) is 0. The standard InChI is InChI=1S/C30H30BClO4/c1-29(2)30(3,4)36-31(35-29)27-24-10-8-7-9-23(24)26(25(27)19-11-15-21(33-5)16-12-19)28(32)20-13-17-22(34-6)18-14-20/h7-18H,1-6H3/b28-26+. The van der Waals surface area contributed by atoms with Crippen LogP contribution in [0.15, 0.2) is 72.8 Å². The Hall–Kier alpha value is -2.99. The van der Waals surface area contributed by atoms with Gasteiger partial charge in [-0.25, -0.2) is 0 Å². The lowest BCUT2D eigenvalue weighted by molar-refractivity contribution is 0.00578. The number of rotatable bonds is 5. The minimum Gasteiger partial charge on any atom is -0.497 e. The molecule has 0 spiro atoms. The first-order valence-electron chi connectivity index (χ1n) is 12.1. The van der Waals surface area contributed by atoms with Crippen molar-refractivity contribution in [2.75, 3.05) is 14.2 Å². The molecule has 0 saturated carbocycles. The van der Waals surface area contributed by atoms with Crippen molar-refractivity contribution < 1.29 is 18.8 Å². The molecular formula is C30H30BClO4. The molecule has 0 atom stereocenters. The summed E-state index contributed by atoms with van der Waals surface area (Å²) in [5.74, 6) is 1.57. The molecule has 0 bridgehead atoms. The topological polar surface area (TPSA) is 36.9 Å². The number of fused-ring (bicyclic) bond motifs is 1. The molecular weight excluding hydrogens is 471 g/mol. The second-order valence-corrected chi connectivity index (χ2v) is 10.4. The Bertz CT molecular complexity index is 1340. The van der Waals surface area contributed by atoms with E-state index in [2.05, 4.69) is 52.0 Å². The van der Waals surface area contributed by atoms with E-state index in [0.29, 0.717) is 5.03 Å². The average Bonchev–Trinajstić information content (AvgIpc) is 3.33. The fraction of sp³-hybridized carbons (Fsp3) is 0.267. The molecule has 1 heterocycles. The van der Waals surface area contributed by atoms with Crippen LogP contribution in [0.4, 0.5) is 0 Å². The maximum Gasteiger partial charge on any atom is 0.496 e. The molecule has 0 aromatic heterocycles. The Morgan fingerprint density at radius 1 is 0.722 bits per heavy atom. The first-order chi connectivity index (χ1) is 17.2. The zero-order valence-corrected chi connectivity index (χ0v) is 22.3. The number of halogens is 1. The minimum atomic E-state index is -0.550. The predicted molar refractivity (Wildman–Crippen MR) is 148 cm³/mol. The van der Waals surface area contributed by atoms with Gasteiger partial charge >= 0.3 is 7.12 Å². The minimum absolute atomic E-state index is 0.475. The SMILES string of the molecule is COc1ccc(C2=C(B3OC(C)(C)C(C)(C)O3)c3ccccc3/C2=C(\Cl)c2ccc(OC)cc2)cc1. The van der Waals surface area contributed by atoms with Crippen LogP contribution in [0.5, 0.6) is 11.5 Å². The van der Waals surface area contributed by atoms with Crippen molar-refractivity contribution in [2.45, 2.75) is 38.9 Å². The molecule has 1 fully saturated rings. The third-order valence-corrected chi connectivity index (χ3v) is 7.84. The van der Waals surface area contributed by atoms with Gasteiger partial charge in [0.15, 0.2) is 0 Å². The van der Waals surface area contributed by atoms with Crippen molar-refractivity contribution in [1.29, 1.82) is 0 Å². The van der Waals surface area contributed by atoms with Crippen LogP contribution in [0.1, 0.15) is 49.9 Å². The highest BCUT2D eigenvalue weighted by molar-refractivity contribution is 6.74. The molecule has 2 aliphatic rings. The van der Waals surface area contributed by atoms with Crippen LogP contribution < -0.4 is 9.47 Å². The summed E-state index contributed by atoms with van der Waals surface area (Å²) in [6.45, 7) is 8.29. The van der Waals surface area contributed by atoms with Crippen molar-refractivity contribution in [2.24, 2.45) is 0 Å². The van der Waals surface area contributed by atoms with E-state index in [0.717, 1.165) is 50.4 Å². The van der Waals surface area contributed by atoms with Crippen molar-refractivity contribution in [3.8, 4) is 11.5 Å². The fourth-order valence-electron chi connectivity index (χ4n) is 4.71. The van der Waals surface area contributed by atoms with Gasteiger partial charge in [0.05, 0.1) is 30.5 Å². The summed E-state index contributed by atoms with van der Waals surface area (Å²) in [5, 5.41) is 0.655. The predicted octanol–water partition coefficient (Wildman–Crippen LogP) is 7.37. The third kappa shape index (κ3) is 4.05. The number of allylic oxidation sites excluding steroid dienone is 2. The first kappa shape index (κ1) is 24.7. The highest BCUT2D eigenvalue weighted by Gasteiger charge is 2.54. The second-order valence-electron chi connectivity index (χ2n) is 10.1. The van der Waals surface area contributed by atoms with Crippen molar-refractivity contribution >= 4 is 40.4 Å². The van der Waals surface area contributed by atoms with Gasteiger partial charge in [0.1, 0.15) is 11.5 Å². The van der Waals surface area contributed by atoms with Gasteiger partial charge in [0.2, 0.25) is 0 Å². The Balaban J connectivity index is 1.79. The number of methoxy groups -OCH3 is 2. The lowest BCUT2D eigenvalue weighted by Crippen LogP contribution is -2.41. The quantitative estimate of drug-likeness (QED) is 0.343. The van der Waals surface area contributed by atoms with Crippen LogP contribution >= 0.6 is 11.6 Å². The monoisotopic (exact) mass is 500 g/mol. The van der Waals surface area contributed by atoms with E-state index in [-0.39, 0.29) is 0 Å². The van der Waals surface area contributed by atoms with Crippen LogP contribution in [0.3, 0.4) is 0 Å². The van der Waals surface area contributed by atoms with E-state index in [4.69, 9.17) is 30.4 Å². The molecule has 3 aromatic carbocycles. The number of hydrogen-bond acceptors (Lipinski definition) is 4. The Labute approximate surface area is 218 Å². The van der Waals surface area contributed by atoms with E-state index in [1.807, 2.05) is 48.5 Å². The van der Waals surface area contributed by atoms with Gasteiger partial charge in [-0.15, -0.1) is 0 Å². The molecule has 0 unspecified atom stereocenters. The second kappa shape index (κ2) is 9.15. The summed E-state index contributed by atoms with van der Waals surface area (Å²) in [4.78, 5) is 0. The third-order valence-electron chi connectivity index (χ3n) is 7.44. The highest BCUT2D eigenvalue weighted by atomic mass is 35.5. The largest absolute Gasteiger partial charge is 0.497 e. The summed E-state index contributed by atoms with van der Waals surface area (Å²) in [6.07, 6.45) is 0. The van der Waals surface area contributed by atoms with Crippen molar-refractivity contribution in [3.63, 3.8) is 0 Å².